The van der Waals surface area contributed by atoms with Gasteiger partial charge in [-0.3, -0.25) is 6.08 Å². The van der Waals surface area contributed by atoms with Gasteiger partial charge in [0.1, 0.15) is 0 Å². The molecule has 0 aromatic heterocycles. The van der Waals surface area contributed by atoms with Gasteiger partial charge in [-0.1, -0.05) is 25.8 Å². The molecule has 2 aromatic rings. The second-order valence-electron chi connectivity index (χ2n) is 5.24. The smallest absolute Gasteiger partial charge is 0.0809 e. The Labute approximate surface area is 168 Å². The quantitative estimate of drug-likeness (QED) is 0.583. The molecule has 2 aromatic carbocycles. The van der Waals surface area contributed by atoms with Crippen molar-refractivity contribution in [3.63, 3.8) is 0 Å². The standard InChI is InChI=1S/C9H7.C8H11.C3H6.2ClH.Zr/c1-2-5-9-7-3-6-8(9)4-1;1-2-5-8-6-3-4-7-8;1-3-2;;;/h1-7H;6-7H,2-3,5H2,1H3;1-2H3;2*1H;/q2*-1;;;;+2/p-2. The van der Waals surface area contributed by atoms with E-state index >= 15 is 0 Å². The van der Waals surface area contributed by atoms with Crippen LogP contribution in [0, 0.1) is 6.08 Å². The zero-order valence-electron chi connectivity index (χ0n) is 14.1. The molecule has 0 nitrogen and oxygen atoms in total. The van der Waals surface area contributed by atoms with Crippen LogP contribution in [-0.2, 0) is 24.2 Å². The Morgan fingerprint density at radius 1 is 1.17 bits per heavy atom. The summed E-state index contributed by atoms with van der Waals surface area (Å²) in [6.45, 7) is 6.45. The molecule has 0 saturated heterocycles. The molecule has 0 saturated carbocycles. The van der Waals surface area contributed by atoms with Gasteiger partial charge in [0.2, 0.25) is 0 Å². The zero-order valence-corrected chi connectivity index (χ0v) is 18.0. The summed E-state index contributed by atoms with van der Waals surface area (Å²) in [5.74, 6) is 0. The number of hydrogen-bond donors (Lipinski definition) is 0. The van der Waals surface area contributed by atoms with Crippen LogP contribution in [-0.4, -0.2) is 3.21 Å². The van der Waals surface area contributed by atoms with Gasteiger partial charge in [0.15, 0.2) is 0 Å². The summed E-state index contributed by atoms with van der Waals surface area (Å²) in [6.07, 6.45) is 11.0. The molecular weight excluding hydrogens is 402 g/mol. The third kappa shape index (κ3) is 11.8. The maximum absolute atomic E-state index is 3.14. The van der Waals surface area contributed by atoms with Crippen LogP contribution in [0.4, 0.5) is 0 Å². The summed E-state index contributed by atoms with van der Waals surface area (Å²) in [6, 6.07) is 14.7. The zero-order chi connectivity index (χ0) is 15.5. The molecule has 23 heavy (non-hydrogen) atoms. The predicted octanol–water partition coefficient (Wildman–Crippen LogP) is -0.212. The van der Waals surface area contributed by atoms with Crippen molar-refractivity contribution in [3.05, 3.63) is 66.3 Å². The van der Waals surface area contributed by atoms with Crippen molar-refractivity contribution >= 4 is 14.0 Å². The van der Waals surface area contributed by atoms with Gasteiger partial charge in [0.25, 0.3) is 0 Å². The van der Waals surface area contributed by atoms with E-state index in [9.17, 15) is 0 Å². The molecular formula is C20H24Cl2Zr-2. The van der Waals surface area contributed by atoms with Crippen molar-refractivity contribution in [2.24, 2.45) is 0 Å². The normalized spacial score (nSPS) is 11.1. The molecule has 0 atom stereocenters. The fraction of sp³-hybridized carbons (Fsp3) is 0.300. The molecule has 0 spiro atoms. The number of rotatable bonds is 2. The van der Waals surface area contributed by atoms with Crippen molar-refractivity contribution in [1.29, 1.82) is 0 Å². The van der Waals surface area contributed by atoms with Gasteiger partial charge in [-0.15, -0.1) is 36.1 Å². The molecule has 0 bridgehead atoms. The van der Waals surface area contributed by atoms with Gasteiger partial charge in [-0.2, -0.15) is 23.6 Å². The van der Waals surface area contributed by atoms with Gasteiger partial charge < -0.3 is 24.8 Å². The third-order valence-electron chi connectivity index (χ3n) is 2.86. The molecule has 3 heteroatoms. The maximum atomic E-state index is 3.14. The first kappa shape index (κ1) is 24.9. The minimum Gasteiger partial charge on any atom is -1.00 e. The summed E-state index contributed by atoms with van der Waals surface area (Å²) < 4.78 is 1.51. The molecule has 1 aliphatic rings. The first-order chi connectivity index (χ1) is 10.1. The Bertz CT molecular complexity index is 575. The molecule has 3 rings (SSSR count). The van der Waals surface area contributed by atoms with Crippen molar-refractivity contribution in [2.75, 3.05) is 0 Å². The van der Waals surface area contributed by atoms with Crippen LogP contribution in [0.3, 0.4) is 0 Å². The van der Waals surface area contributed by atoms with Crippen LogP contribution in [0.15, 0.2) is 60.2 Å². The maximum Gasteiger partial charge on any atom is -0.0809 e. The largest absolute Gasteiger partial charge is 1.00 e. The van der Waals surface area contributed by atoms with Crippen LogP contribution >= 0.6 is 0 Å². The minimum atomic E-state index is 0. The molecule has 0 N–H and O–H groups in total. The van der Waals surface area contributed by atoms with Crippen molar-refractivity contribution in [1.82, 2.24) is 0 Å². The third-order valence-corrected chi connectivity index (χ3v) is 2.86. The van der Waals surface area contributed by atoms with Crippen LogP contribution in [0.1, 0.15) is 40.0 Å². The Balaban J connectivity index is 0. The SMILES string of the molecule is CCCC1=CC[C-]=C1.C[C](C)=[Zr+2].[Cl-].[Cl-].c1ccc2[cH-]ccc2c1. The first-order valence-corrected chi connectivity index (χ1v) is 8.74. The van der Waals surface area contributed by atoms with Gasteiger partial charge in [0.05, 0.1) is 0 Å². The monoisotopic (exact) mass is 424 g/mol. The molecule has 0 aliphatic heterocycles. The molecule has 0 radical (unpaired) electrons. The molecule has 0 unspecified atom stereocenters. The van der Waals surface area contributed by atoms with E-state index in [4.69, 9.17) is 0 Å². The van der Waals surface area contributed by atoms with Crippen LogP contribution < -0.4 is 24.8 Å². The second-order valence-corrected chi connectivity index (χ2v) is 7.69. The Morgan fingerprint density at radius 2 is 1.83 bits per heavy atom. The van der Waals surface area contributed by atoms with E-state index in [1.54, 1.807) is 24.2 Å². The Kier molecular flexibility index (Phi) is 16.4. The summed E-state index contributed by atoms with van der Waals surface area (Å²) in [5, 5.41) is 2.66. The topological polar surface area (TPSA) is 0 Å². The molecule has 1 aliphatic carbocycles. The van der Waals surface area contributed by atoms with E-state index in [0.29, 0.717) is 0 Å². The first-order valence-electron chi connectivity index (χ1n) is 7.51. The number of fused-ring (bicyclic) bond motifs is 1. The molecule has 124 valence electrons. The van der Waals surface area contributed by atoms with E-state index in [-0.39, 0.29) is 24.8 Å². The number of benzene rings is 1. The molecule has 0 fully saturated rings. The second kappa shape index (κ2) is 15.2. The number of hydrogen-bond acceptors (Lipinski definition) is 0. The number of halogens is 2. The van der Waals surface area contributed by atoms with Crippen molar-refractivity contribution in [3.8, 4) is 0 Å². The molecule has 0 heterocycles. The van der Waals surface area contributed by atoms with E-state index < -0.39 is 0 Å². The minimum absolute atomic E-state index is 0. The van der Waals surface area contributed by atoms with Gasteiger partial charge in [-0.25, -0.2) is 11.6 Å². The average Bonchev–Trinajstić information content (AvgIpc) is 3.09. The van der Waals surface area contributed by atoms with Crippen LogP contribution in [0.2, 0.25) is 0 Å². The predicted molar refractivity (Wildman–Crippen MR) is 91.3 cm³/mol. The summed E-state index contributed by atoms with van der Waals surface area (Å²) >= 11 is 1.55. The van der Waals surface area contributed by atoms with Crippen LogP contribution in [0.25, 0.3) is 10.8 Å². The fourth-order valence-corrected chi connectivity index (χ4v) is 1.97. The van der Waals surface area contributed by atoms with E-state index in [2.05, 4.69) is 81.5 Å². The van der Waals surface area contributed by atoms with E-state index in [1.807, 2.05) is 0 Å². The summed E-state index contributed by atoms with van der Waals surface area (Å²) in [7, 11) is 0. The Hall–Kier alpha value is -0.357. The fourth-order valence-electron chi connectivity index (χ4n) is 1.97. The van der Waals surface area contributed by atoms with Crippen molar-refractivity contribution in [2.45, 2.75) is 40.0 Å². The van der Waals surface area contributed by atoms with Gasteiger partial charge in [-0.05, 0) is 0 Å². The number of allylic oxidation sites excluding steroid dienone is 4. The summed E-state index contributed by atoms with van der Waals surface area (Å²) in [4.78, 5) is 0. The average molecular weight is 427 g/mol. The van der Waals surface area contributed by atoms with Gasteiger partial charge >= 0.3 is 41.3 Å². The van der Waals surface area contributed by atoms with Gasteiger partial charge in [0, 0.05) is 0 Å². The van der Waals surface area contributed by atoms with E-state index in [0.717, 1.165) is 6.42 Å². The van der Waals surface area contributed by atoms with Crippen LogP contribution in [0.5, 0.6) is 0 Å². The molecule has 0 amide bonds. The summed E-state index contributed by atoms with van der Waals surface area (Å²) in [5.41, 5.74) is 1.47. The Morgan fingerprint density at radius 3 is 2.35 bits per heavy atom. The van der Waals surface area contributed by atoms with Crippen molar-refractivity contribution < 1.29 is 49.0 Å². The van der Waals surface area contributed by atoms with E-state index in [1.165, 1.54) is 32.4 Å².